The van der Waals surface area contributed by atoms with Gasteiger partial charge in [0, 0.05) is 5.41 Å². The zero-order chi connectivity index (χ0) is 22.2. The number of phenols is 2. The summed E-state index contributed by atoms with van der Waals surface area (Å²) in [4.78, 5) is 11.9. The van der Waals surface area contributed by atoms with Crippen LogP contribution in [-0.2, 0) is 21.0 Å². The SMILES string of the molecule is CCC(CC(=O)O)(c1ccc(O)c(C(C)(C)C)c1)c1ccc(O)c(C(C)(C)C)c1. The predicted molar refractivity (Wildman–Crippen MR) is 117 cm³/mol. The number of carboxylic acids is 1. The molecule has 0 amide bonds. The highest BCUT2D eigenvalue weighted by molar-refractivity contribution is 5.71. The van der Waals surface area contributed by atoms with E-state index in [9.17, 15) is 20.1 Å². The smallest absolute Gasteiger partial charge is 0.304 e. The zero-order valence-electron chi connectivity index (χ0n) is 18.6. The molecule has 2 aromatic rings. The highest BCUT2D eigenvalue weighted by Crippen LogP contribution is 2.44. The van der Waals surface area contributed by atoms with Crippen LogP contribution in [0, 0.1) is 0 Å². The van der Waals surface area contributed by atoms with Crippen molar-refractivity contribution in [1.29, 1.82) is 0 Å². The second-order valence-corrected chi connectivity index (χ2v) is 9.97. The van der Waals surface area contributed by atoms with E-state index < -0.39 is 11.4 Å². The van der Waals surface area contributed by atoms with Gasteiger partial charge < -0.3 is 15.3 Å². The highest BCUT2D eigenvalue weighted by Gasteiger charge is 2.37. The first-order chi connectivity index (χ1) is 13.2. The van der Waals surface area contributed by atoms with Gasteiger partial charge in [0.25, 0.3) is 0 Å². The van der Waals surface area contributed by atoms with Gasteiger partial charge in [0.2, 0.25) is 0 Å². The Morgan fingerprint density at radius 3 is 1.45 bits per heavy atom. The number of carboxylic acid groups (broad SMARTS) is 1. The third-order valence-electron chi connectivity index (χ3n) is 5.77. The van der Waals surface area contributed by atoms with Gasteiger partial charge in [-0.25, -0.2) is 0 Å². The summed E-state index contributed by atoms with van der Waals surface area (Å²) < 4.78 is 0. The van der Waals surface area contributed by atoms with E-state index in [4.69, 9.17) is 0 Å². The molecule has 0 saturated carbocycles. The lowest BCUT2D eigenvalue weighted by Crippen LogP contribution is -2.31. The lowest BCUT2D eigenvalue weighted by Gasteiger charge is -2.35. The van der Waals surface area contributed by atoms with Crippen molar-refractivity contribution in [2.24, 2.45) is 0 Å². The van der Waals surface area contributed by atoms with Crippen LogP contribution in [0.4, 0.5) is 0 Å². The molecule has 4 nitrogen and oxygen atoms in total. The van der Waals surface area contributed by atoms with Gasteiger partial charge in [-0.2, -0.15) is 0 Å². The summed E-state index contributed by atoms with van der Waals surface area (Å²) in [7, 11) is 0. The molecule has 29 heavy (non-hydrogen) atoms. The van der Waals surface area contributed by atoms with E-state index in [1.807, 2.05) is 72.7 Å². The zero-order valence-corrected chi connectivity index (χ0v) is 18.6. The summed E-state index contributed by atoms with van der Waals surface area (Å²) >= 11 is 0. The van der Waals surface area contributed by atoms with E-state index in [-0.39, 0.29) is 28.7 Å². The molecule has 0 radical (unpaired) electrons. The van der Waals surface area contributed by atoms with Crippen LogP contribution in [0.25, 0.3) is 0 Å². The largest absolute Gasteiger partial charge is 0.508 e. The molecule has 2 rings (SSSR count). The van der Waals surface area contributed by atoms with E-state index in [0.717, 1.165) is 22.3 Å². The van der Waals surface area contributed by atoms with Gasteiger partial charge in [-0.15, -0.1) is 0 Å². The normalized spacial score (nSPS) is 12.8. The molecular formula is C25H34O4. The van der Waals surface area contributed by atoms with Crippen LogP contribution in [0.1, 0.15) is 83.6 Å². The Kier molecular flexibility index (Phi) is 6.08. The minimum Gasteiger partial charge on any atom is -0.508 e. The fraction of sp³-hybridized carbons (Fsp3) is 0.480. The van der Waals surface area contributed by atoms with Crippen molar-refractivity contribution in [2.45, 2.75) is 77.6 Å². The summed E-state index contributed by atoms with van der Waals surface area (Å²) in [6, 6.07) is 10.8. The molecule has 0 aromatic heterocycles. The van der Waals surface area contributed by atoms with E-state index in [1.54, 1.807) is 12.1 Å². The fourth-order valence-electron chi connectivity index (χ4n) is 4.03. The van der Waals surface area contributed by atoms with E-state index >= 15 is 0 Å². The topological polar surface area (TPSA) is 77.8 Å². The second-order valence-electron chi connectivity index (χ2n) is 9.97. The molecule has 0 aliphatic carbocycles. The molecular weight excluding hydrogens is 364 g/mol. The summed E-state index contributed by atoms with van der Waals surface area (Å²) in [6.07, 6.45) is 0.494. The van der Waals surface area contributed by atoms with Crippen molar-refractivity contribution in [3.05, 3.63) is 58.7 Å². The minimum absolute atomic E-state index is 0.0772. The Morgan fingerprint density at radius 1 is 0.793 bits per heavy atom. The summed E-state index contributed by atoms with van der Waals surface area (Å²) in [6.45, 7) is 14.1. The quantitative estimate of drug-likeness (QED) is 0.589. The first-order valence-corrected chi connectivity index (χ1v) is 10.1. The molecule has 4 heteroatoms. The Balaban J connectivity index is 2.83. The average Bonchev–Trinajstić information content (AvgIpc) is 2.58. The molecule has 158 valence electrons. The van der Waals surface area contributed by atoms with Crippen molar-refractivity contribution < 1.29 is 20.1 Å². The molecule has 0 spiro atoms. The van der Waals surface area contributed by atoms with Crippen molar-refractivity contribution >= 4 is 5.97 Å². The van der Waals surface area contributed by atoms with Crippen LogP contribution >= 0.6 is 0 Å². The van der Waals surface area contributed by atoms with Gasteiger partial charge in [-0.3, -0.25) is 4.79 Å². The van der Waals surface area contributed by atoms with Crippen LogP contribution in [0.15, 0.2) is 36.4 Å². The fourth-order valence-corrected chi connectivity index (χ4v) is 4.03. The molecule has 0 aliphatic heterocycles. The lowest BCUT2D eigenvalue weighted by atomic mass is 9.68. The van der Waals surface area contributed by atoms with Crippen molar-refractivity contribution in [3.8, 4) is 11.5 Å². The van der Waals surface area contributed by atoms with Crippen molar-refractivity contribution in [3.63, 3.8) is 0 Å². The van der Waals surface area contributed by atoms with Gasteiger partial charge in [0.1, 0.15) is 11.5 Å². The number of phenolic OH excluding ortho intramolecular Hbond substituents is 2. The van der Waals surface area contributed by atoms with Crippen LogP contribution < -0.4 is 0 Å². The van der Waals surface area contributed by atoms with Crippen molar-refractivity contribution in [1.82, 2.24) is 0 Å². The first-order valence-electron chi connectivity index (χ1n) is 10.1. The van der Waals surface area contributed by atoms with Crippen LogP contribution in [-0.4, -0.2) is 21.3 Å². The first kappa shape index (κ1) is 22.8. The molecule has 2 aromatic carbocycles. The molecule has 0 heterocycles. The summed E-state index contributed by atoms with van der Waals surface area (Å²) in [5.74, 6) is -0.465. The predicted octanol–water partition coefficient (Wildman–Crippen LogP) is 5.86. The number of hydrogen-bond acceptors (Lipinski definition) is 3. The monoisotopic (exact) mass is 398 g/mol. The third kappa shape index (κ3) is 4.58. The van der Waals surface area contributed by atoms with Gasteiger partial charge in [-0.1, -0.05) is 72.7 Å². The van der Waals surface area contributed by atoms with Gasteiger partial charge in [-0.05, 0) is 51.6 Å². The van der Waals surface area contributed by atoms with E-state index in [1.165, 1.54) is 0 Å². The Bertz CT molecular complexity index is 835. The Hall–Kier alpha value is -2.49. The summed E-state index contributed by atoms with van der Waals surface area (Å²) in [5, 5.41) is 30.6. The standard InChI is InChI=1S/C25H34O4/c1-8-25(15-22(28)29,16-9-11-20(26)18(13-16)23(2,3)4)17-10-12-21(27)19(14-17)24(5,6)7/h9-14,26-27H,8,15H2,1-7H3,(H,28,29). The molecule has 0 unspecified atom stereocenters. The van der Waals surface area contributed by atoms with Gasteiger partial charge >= 0.3 is 5.97 Å². The maximum Gasteiger partial charge on any atom is 0.304 e. The molecule has 0 atom stereocenters. The Labute approximate surface area is 174 Å². The molecule has 0 fully saturated rings. The third-order valence-corrected chi connectivity index (χ3v) is 5.77. The van der Waals surface area contributed by atoms with E-state index in [0.29, 0.717) is 6.42 Å². The van der Waals surface area contributed by atoms with Gasteiger partial charge in [0.15, 0.2) is 0 Å². The minimum atomic E-state index is -0.886. The number of carbonyl (C=O) groups is 1. The number of benzene rings is 2. The Morgan fingerprint density at radius 2 is 1.17 bits per heavy atom. The highest BCUT2D eigenvalue weighted by atomic mass is 16.4. The number of aromatic hydroxyl groups is 2. The maximum absolute atomic E-state index is 11.9. The molecule has 0 bridgehead atoms. The lowest BCUT2D eigenvalue weighted by molar-refractivity contribution is -0.138. The molecule has 0 aliphatic rings. The maximum atomic E-state index is 11.9. The number of rotatable bonds is 5. The van der Waals surface area contributed by atoms with Crippen LogP contribution in [0.2, 0.25) is 0 Å². The second kappa shape index (κ2) is 7.74. The van der Waals surface area contributed by atoms with Crippen molar-refractivity contribution in [2.75, 3.05) is 0 Å². The van der Waals surface area contributed by atoms with E-state index in [2.05, 4.69) is 0 Å². The van der Waals surface area contributed by atoms with Crippen LogP contribution in [0.3, 0.4) is 0 Å². The summed E-state index contributed by atoms with van der Waals surface area (Å²) in [5.41, 5.74) is 1.95. The average molecular weight is 399 g/mol. The number of hydrogen-bond donors (Lipinski definition) is 3. The molecule has 3 N–H and O–H groups in total. The van der Waals surface area contributed by atoms with Gasteiger partial charge in [0.05, 0.1) is 6.42 Å². The van der Waals surface area contributed by atoms with Crippen LogP contribution in [0.5, 0.6) is 11.5 Å². The molecule has 0 saturated heterocycles. The number of aliphatic carboxylic acids is 1.